The van der Waals surface area contributed by atoms with E-state index in [4.69, 9.17) is 15.2 Å². The predicted molar refractivity (Wildman–Crippen MR) is 108 cm³/mol. The van der Waals surface area contributed by atoms with Crippen LogP contribution < -0.4 is 15.8 Å². The van der Waals surface area contributed by atoms with Gasteiger partial charge in [0.05, 0.1) is 5.54 Å². The molecule has 2 aromatic carbocycles. The summed E-state index contributed by atoms with van der Waals surface area (Å²) in [5, 5.41) is 2.95. The minimum atomic E-state index is -0.784. The summed E-state index contributed by atoms with van der Waals surface area (Å²) in [6.07, 6.45) is 1.91. The van der Waals surface area contributed by atoms with Gasteiger partial charge in [-0.1, -0.05) is 42.5 Å². The van der Waals surface area contributed by atoms with E-state index < -0.39 is 5.54 Å². The highest BCUT2D eigenvalue weighted by atomic mass is 35.5. The normalized spacial score (nSPS) is 15.4. The number of hydrogen-bond donors (Lipinski definition) is 2. The lowest BCUT2D eigenvalue weighted by molar-refractivity contribution is -0.129. The van der Waals surface area contributed by atoms with E-state index in [0.717, 1.165) is 23.3 Å². The van der Waals surface area contributed by atoms with Crippen LogP contribution in [0.15, 0.2) is 54.6 Å². The van der Waals surface area contributed by atoms with Crippen LogP contribution in [0, 0.1) is 0 Å². The Balaban J connectivity index is 0.00000261. The number of carbonyl (C=O) groups excluding carboxylic acids is 1. The fourth-order valence-corrected chi connectivity index (χ4v) is 2.95. The average Bonchev–Trinajstić information content (AvgIpc) is 2.68. The molecule has 5 nitrogen and oxygen atoms in total. The van der Waals surface area contributed by atoms with E-state index in [1.165, 1.54) is 0 Å². The number of benzene rings is 2. The summed E-state index contributed by atoms with van der Waals surface area (Å²) in [5.74, 6) is 0.758. The number of rotatable bonds is 7. The minimum Gasteiger partial charge on any atom is -0.489 e. The summed E-state index contributed by atoms with van der Waals surface area (Å²) >= 11 is 0. The van der Waals surface area contributed by atoms with Crippen LogP contribution in [0.3, 0.4) is 0 Å². The molecule has 0 bridgehead atoms. The van der Waals surface area contributed by atoms with Crippen molar-refractivity contribution in [3.8, 4) is 5.75 Å². The fourth-order valence-electron chi connectivity index (χ4n) is 2.95. The van der Waals surface area contributed by atoms with Gasteiger partial charge in [-0.3, -0.25) is 4.79 Å². The zero-order valence-corrected chi connectivity index (χ0v) is 16.2. The van der Waals surface area contributed by atoms with Crippen molar-refractivity contribution < 1.29 is 14.3 Å². The van der Waals surface area contributed by atoms with Crippen molar-refractivity contribution in [2.75, 3.05) is 19.8 Å². The summed E-state index contributed by atoms with van der Waals surface area (Å²) in [5.41, 5.74) is 7.68. The molecule has 0 atom stereocenters. The number of halogens is 1. The van der Waals surface area contributed by atoms with Gasteiger partial charge in [-0.25, -0.2) is 0 Å². The van der Waals surface area contributed by atoms with Gasteiger partial charge in [-0.15, -0.1) is 12.4 Å². The highest BCUT2D eigenvalue weighted by molar-refractivity contribution is 5.86. The van der Waals surface area contributed by atoms with E-state index in [1.54, 1.807) is 0 Å². The maximum Gasteiger partial charge on any atom is 0.240 e. The average molecular weight is 391 g/mol. The smallest absolute Gasteiger partial charge is 0.240 e. The lowest BCUT2D eigenvalue weighted by Gasteiger charge is -2.31. The molecule has 1 aliphatic heterocycles. The lowest BCUT2D eigenvalue weighted by Crippen LogP contribution is -2.57. The van der Waals surface area contributed by atoms with Crippen LogP contribution in [0.25, 0.3) is 0 Å². The first-order chi connectivity index (χ1) is 12.7. The van der Waals surface area contributed by atoms with E-state index in [2.05, 4.69) is 5.32 Å². The molecular weight excluding hydrogens is 364 g/mol. The molecule has 1 heterocycles. The Morgan fingerprint density at radius 3 is 2.37 bits per heavy atom. The topological polar surface area (TPSA) is 73.6 Å². The third kappa shape index (κ3) is 6.24. The molecule has 1 aliphatic rings. The number of nitrogens with two attached hydrogens (primary N) is 1. The van der Waals surface area contributed by atoms with E-state index in [0.29, 0.717) is 39.2 Å². The Morgan fingerprint density at radius 2 is 1.70 bits per heavy atom. The fraction of sp³-hybridized carbons (Fsp3) is 0.381. The second kappa shape index (κ2) is 10.3. The van der Waals surface area contributed by atoms with Gasteiger partial charge in [0.1, 0.15) is 12.4 Å². The number of ether oxygens (including phenoxy) is 2. The van der Waals surface area contributed by atoms with E-state index in [-0.39, 0.29) is 18.3 Å². The van der Waals surface area contributed by atoms with Crippen molar-refractivity contribution in [1.82, 2.24) is 5.32 Å². The monoisotopic (exact) mass is 390 g/mol. The number of hydrogen-bond acceptors (Lipinski definition) is 4. The van der Waals surface area contributed by atoms with Gasteiger partial charge in [0.15, 0.2) is 0 Å². The SMILES string of the molecule is Cl.NC1(C(=O)NCCc2ccc(OCc3ccccc3)cc2)CCOCC1. The molecule has 0 radical (unpaired) electrons. The van der Waals surface area contributed by atoms with Gasteiger partial charge in [-0.2, -0.15) is 0 Å². The van der Waals surface area contributed by atoms with E-state index in [9.17, 15) is 4.79 Å². The number of amides is 1. The van der Waals surface area contributed by atoms with Crippen LogP contribution in [0.4, 0.5) is 0 Å². The second-order valence-corrected chi connectivity index (χ2v) is 6.69. The predicted octanol–water partition coefficient (Wildman–Crippen LogP) is 2.85. The molecule has 2 aromatic rings. The zero-order chi connectivity index (χ0) is 18.2. The van der Waals surface area contributed by atoms with Crippen molar-refractivity contribution in [3.63, 3.8) is 0 Å². The highest BCUT2D eigenvalue weighted by Gasteiger charge is 2.35. The molecule has 3 N–H and O–H groups in total. The van der Waals surface area contributed by atoms with E-state index >= 15 is 0 Å². The largest absolute Gasteiger partial charge is 0.489 e. The molecule has 0 saturated carbocycles. The Labute approximate surface area is 166 Å². The molecule has 6 heteroatoms. The van der Waals surface area contributed by atoms with Crippen molar-refractivity contribution in [3.05, 3.63) is 65.7 Å². The van der Waals surface area contributed by atoms with Crippen molar-refractivity contribution in [1.29, 1.82) is 0 Å². The Bertz CT molecular complexity index is 701. The Morgan fingerprint density at radius 1 is 1.04 bits per heavy atom. The highest BCUT2D eigenvalue weighted by Crippen LogP contribution is 2.18. The molecular formula is C21H27ClN2O3. The molecule has 0 spiro atoms. The Hall–Kier alpha value is -2.08. The van der Waals surface area contributed by atoms with Crippen LogP contribution >= 0.6 is 12.4 Å². The van der Waals surface area contributed by atoms with Crippen LogP contribution in [0.1, 0.15) is 24.0 Å². The molecule has 0 aromatic heterocycles. The van der Waals surface area contributed by atoms with Gasteiger partial charge in [0.25, 0.3) is 0 Å². The van der Waals surface area contributed by atoms with Crippen molar-refractivity contribution in [2.24, 2.45) is 5.73 Å². The maximum absolute atomic E-state index is 12.3. The van der Waals surface area contributed by atoms with Gasteiger partial charge >= 0.3 is 0 Å². The molecule has 1 saturated heterocycles. The van der Waals surface area contributed by atoms with Gasteiger partial charge < -0.3 is 20.5 Å². The van der Waals surface area contributed by atoms with E-state index in [1.807, 2.05) is 54.6 Å². The first-order valence-corrected chi connectivity index (χ1v) is 9.06. The molecule has 27 heavy (non-hydrogen) atoms. The molecule has 146 valence electrons. The number of nitrogens with one attached hydrogen (secondary N) is 1. The van der Waals surface area contributed by atoms with Crippen molar-refractivity contribution in [2.45, 2.75) is 31.4 Å². The summed E-state index contributed by atoms with van der Waals surface area (Å²) in [7, 11) is 0. The van der Waals surface area contributed by atoms with Crippen LogP contribution in [0.2, 0.25) is 0 Å². The van der Waals surface area contributed by atoms with Crippen LogP contribution in [-0.4, -0.2) is 31.2 Å². The van der Waals surface area contributed by atoms with Crippen LogP contribution in [0.5, 0.6) is 5.75 Å². The van der Waals surface area contributed by atoms with Gasteiger partial charge in [0.2, 0.25) is 5.91 Å². The third-order valence-corrected chi connectivity index (χ3v) is 4.71. The maximum atomic E-state index is 12.3. The standard InChI is InChI=1S/C21H26N2O3.ClH/c22-21(11-14-25-15-12-21)20(24)23-13-10-17-6-8-19(9-7-17)26-16-18-4-2-1-3-5-18;/h1-9H,10-16,22H2,(H,23,24);1H. The van der Waals surface area contributed by atoms with Gasteiger partial charge in [0, 0.05) is 19.8 Å². The van der Waals surface area contributed by atoms with Gasteiger partial charge in [-0.05, 0) is 42.5 Å². The first kappa shape index (κ1) is 21.2. The summed E-state index contributed by atoms with van der Waals surface area (Å²) < 4.78 is 11.1. The molecule has 1 amide bonds. The third-order valence-electron chi connectivity index (χ3n) is 4.71. The second-order valence-electron chi connectivity index (χ2n) is 6.69. The van der Waals surface area contributed by atoms with Crippen LogP contribution in [-0.2, 0) is 22.6 Å². The molecule has 0 aliphatic carbocycles. The molecule has 1 fully saturated rings. The molecule has 0 unspecified atom stereocenters. The zero-order valence-electron chi connectivity index (χ0n) is 15.4. The lowest BCUT2D eigenvalue weighted by atomic mass is 9.90. The molecule has 3 rings (SSSR count). The summed E-state index contributed by atoms with van der Waals surface area (Å²) in [6, 6.07) is 18.1. The quantitative estimate of drug-likeness (QED) is 0.762. The summed E-state index contributed by atoms with van der Waals surface area (Å²) in [6.45, 7) is 2.23. The Kier molecular flexibility index (Phi) is 8.10. The first-order valence-electron chi connectivity index (χ1n) is 9.06. The number of carbonyl (C=O) groups is 1. The summed E-state index contributed by atoms with van der Waals surface area (Å²) in [4.78, 5) is 12.3. The van der Waals surface area contributed by atoms with Crippen molar-refractivity contribution >= 4 is 18.3 Å². The minimum absolute atomic E-state index is 0.